The standard InChI is InChI=1S/C13H27N3O/c1-11(2)16-7-5-15(6-8-16)10-13-4-3-12(9-14)17-13/h11-13H,3-10,14H2,1-2H3. The van der Waals surface area contributed by atoms with Crippen molar-refractivity contribution in [3.05, 3.63) is 0 Å². The molecule has 4 heteroatoms. The lowest BCUT2D eigenvalue weighted by Gasteiger charge is -2.37. The summed E-state index contributed by atoms with van der Waals surface area (Å²) in [6.45, 7) is 11.1. The van der Waals surface area contributed by atoms with Gasteiger partial charge >= 0.3 is 0 Å². The topological polar surface area (TPSA) is 41.7 Å². The number of nitrogens with two attached hydrogens (primary N) is 1. The average Bonchev–Trinajstić information content (AvgIpc) is 2.77. The van der Waals surface area contributed by atoms with E-state index in [0.717, 1.165) is 13.0 Å². The normalized spacial score (nSPS) is 32.5. The van der Waals surface area contributed by atoms with Gasteiger partial charge in [-0.1, -0.05) is 0 Å². The molecule has 2 heterocycles. The Hall–Kier alpha value is -0.160. The van der Waals surface area contributed by atoms with Crippen LogP contribution in [0.25, 0.3) is 0 Å². The summed E-state index contributed by atoms with van der Waals surface area (Å²) in [7, 11) is 0. The fraction of sp³-hybridized carbons (Fsp3) is 1.00. The number of nitrogens with zero attached hydrogens (tertiary/aromatic N) is 2. The molecule has 2 saturated heterocycles. The van der Waals surface area contributed by atoms with E-state index in [4.69, 9.17) is 10.5 Å². The van der Waals surface area contributed by atoms with Crippen molar-refractivity contribution in [3.8, 4) is 0 Å². The highest BCUT2D eigenvalue weighted by molar-refractivity contribution is 4.80. The number of ether oxygens (including phenoxy) is 1. The maximum absolute atomic E-state index is 5.91. The van der Waals surface area contributed by atoms with E-state index < -0.39 is 0 Å². The Bertz CT molecular complexity index is 227. The number of hydrogen-bond donors (Lipinski definition) is 1. The second kappa shape index (κ2) is 6.14. The van der Waals surface area contributed by atoms with Crippen molar-refractivity contribution in [2.75, 3.05) is 39.3 Å². The molecule has 0 aromatic rings. The quantitative estimate of drug-likeness (QED) is 0.779. The van der Waals surface area contributed by atoms with Crippen LogP contribution in [0, 0.1) is 0 Å². The summed E-state index contributed by atoms with van der Waals surface area (Å²) in [4.78, 5) is 5.09. The predicted molar refractivity (Wildman–Crippen MR) is 70.1 cm³/mol. The van der Waals surface area contributed by atoms with E-state index in [9.17, 15) is 0 Å². The van der Waals surface area contributed by atoms with Crippen LogP contribution >= 0.6 is 0 Å². The lowest BCUT2D eigenvalue weighted by atomic mass is 10.1. The van der Waals surface area contributed by atoms with Crippen molar-refractivity contribution in [1.82, 2.24) is 9.80 Å². The van der Waals surface area contributed by atoms with Gasteiger partial charge < -0.3 is 10.5 Å². The molecule has 2 N–H and O–H groups in total. The molecule has 17 heavy (non-hydrogen) atoms. The molecule has 2 atom stereocenters. The van der Waals surface area contributed by atoms with Gasteiger partial charge in [0.2, 0.25) is 0 Å². The predicted octanol–water partition coefficient (Wildman–Crippen LogP) is 0.519. The highest BCUT2D eigenvalue weighted by Crippen LogP contribution is 2.20. The van der Waals surface area contributed by atoms with E-state index in [1.54, 1.807) is 0 Å². The molecule has 0 saturated carbocycles. The van der Waals surface area contributed by atoms with E-state index >= 15 is 0 Å². The molecular formula is C13H27N3O. The fourth-order valence-corrected chi connectivity index (χ4v) is 2.84. The van der Waals surface area contributed by atoms with Gasteiger partial charge in [0.25, 0.3) is 0 Å². The van der Waals surface area contributed by atoms with Gasteiger partial charge in [-0.2, -0.15) is 0 Å². The minimum Gasteiger partial charge on any atom is -0.372 e. The molecule has 0 spiro atoms. The Labute approximate surface area is 105 Å². The van der Waals surface area contributed by atoms with Crippen LogP contribution in [-0.2, 0) is 4.74 Å². The molecule has 2 unspecified atom stereocenters. The molecule has 2 fully saturated rings. The zero-order chi connectivity index (χ0) is 12.3. The SMILES string of the molecule is CC(C)N1CCN(CC2CCC(CN)O2)CC1. The van der Waals surface area contributed by atoms with Gasteiger partial charge in [0, 0.05) is 45.3 Å². The zero-order valence-corrected chi connectivity index (χ0v) is 11.3. The minimum atomic E-state index is 0.317. The number of hydrogen-bond acceptors (Lipinski definition) is 4. The van der Waals surface area contributed by atoms with E-state index in [2.05, 4.69) is 23.6 Å². The summed E-state index contributed by atoms with van der Waals surface area (Å²) >= 11 is 0. The number of piperazine rings is 1. The second-order valence-corrected chi connectivity index (χ2v) is 5.62. The zero-order valence-electron chi connectivity index (χ0n) is 11.3. The lowest BCUT2D eigenvalue weighted by molar-refractivity contribution is 0.0127. The van der Waals surface area contributed by atoms with Gasteiger partial charge in [-0.05, 0) is 26.7 Å². The van der Waals surface area contributed by atoms with Crippen LogP contribution in [0.2, 0.25) is 0 Å². The molecule has 4 nitrogen and oxygen atoms in total. The van der Waals surface area contributed by atoms with Crippen LogP contribution in [0.1, 0.15) is 26.7 Å². The lowest BCUT2D eigenvalue weighted by Crippen LogP contribution is -2.50. The third kappa shape index (κ3) is 3.65. The number of rotatable bonds is 4. The van der Waals surface area contributed by atoms with E-state index in [0.29, 0.717) is 24.8 Å². The monoisotopic (exact) mass is 241 g/mol. The molecular weight excluding hydrogens is 214 g/mol. The molecule has 0 aromatic heterocycles. The van der Waals surface area contributed by atoms with Crippen LogP contribution in [0.5, 0.6) is 0 Å². The summed E-state index contributed by atoms with van der Waals surface area (Å²) in [5.74, 6) is 0. The van der Waals surface area contributed by atoms with Crippen molar-refractivity contribution < 1.29 is 4.74 Å². The summed E-state index contributed by atoms with van der Waals surface area (Å²) in [6, 6.07) is 0.682. The largest absolute Gasteiger partial charge is 0.372 e. The first-order valence-electron chi connectivity index (χ1n) is 7.01. The third-order valence-corrected chi connectivity index (χ3v) is 4.06. The average molecular weight is 241 g/mol. The van der Waals surface area contributed by atoms with E-state index in [-0.39, 0.29) is 0 Å². The Morgan fingerprint density at radius 1 is 1.12 bits per heavy atom. The molecule has 0 aliphatic carbocycles. The highest BCUT2D eigenvalue weighted by atomic mass is 16.5. The molecule has 2 aliphatic heterocycles. The first kappa shape index (κ1) is 13.3. The smallest absolute Gasteiger partial charge is 0.0707 e. The molecule has 0 aromatic carbocycles. The summed E-state index contributed by atoms with van der Waals surface area (Å²) < 4.78 is 5.91. The van der Waals surface area contributed by atoms with Gasteiger partial charge in [0.15, 0.2) is 0 Å². The third-order valence-electron chi connectivity index (χ3n) is 4.06. The van der Waals surface area contributed by atoms with Crippen LogP contribution < -0.4 is 5.73 Å². The first-order valence-corrected chi connectivity index (χ1v) is 7.01. The molecule has 100 valence electrons. The Balaban J connectivity index is 1.68. The minimum absolute atomic E-state index is 0.317. The summed E-state index contributed by atoms with van der Waals surface area (Å²) in [5, 5.41) is 0. The van der Waals surface area contributed by atoms with Crippen molar-refractivity contribution in [3.63, 3.8) is 0 Å². The van der Waals surface area contributed by atoms with E-state index in [1.165, 1.54) is 32.6 Å². The second-order valence-electron chi connectivity index (χ2n) is 5.62. The maximum atomic E-state index is 5.91. The first-order chi connectivity index (χ1) is 8.19. The molecule has 0 amide bonds. The van der Waals surface area contributed by atoms with Gasteiger partial charge in [0.1, 0.15) is 0 Å². The molecule has 0 bridgehead atoms. The van der Waals surface area contributed by atoms with Gasteiger partial charge in [-0.15, -0.1) is 0 Å². The summed E-state index contributed by atoms with van der Waals surface area (Å²) in [5.41, 5.74) is 5.64. The Morgan fingerprint density at radius 2 is 1.76 bits per heavy atom. The van der Waals surface area contributed by atoms with Crippen molar-refractivity contribution >= 4 is 0 Å². The fourth-order valence-electron chi connectivity index (χ4n) is 2.84. The van der Waals surface area contributed by atoms with Crippen LogP contribution in [-0.4, -0.2) is 67.3 Å². The van der Waals surface area contributed by atoms with Gasteiger partial charge in [-0.25, -0.2) is 0 Å². The van der Waals surface area contributed by atoms with Crippen molar-refractivity contribution in [2.45, 2.75) is 44.9 Å². The van der Waals surface area contributed by atoms with Crippen molar-refractivity contribution in [2.24, 2.45) is 5.73 Å². The highest BCUT2D eigenvalue weighted by Gasteiger charge is 2.27. The van der Waals surface area contributed by atoms with E-state index in [1.807, 2.05) is 0 Å². The van der Waals surface area contributed by atoms with Crippen LogP contribution in [0.3, 0.4) is 0 Å². The van der Waals surface area contributed by atoms with Gasteiger partial charge in [0.05, 0.1) is 12.2 Å². The van der Waals surface area contributed by atoms with Crippen LogP contribution in [0.4, 0.5) is 0 Å². The molecule has 2 aliphatic rings. The molecule has 0 radical (unpaired) electrons. The van der Waals surface area contributed by atoms with Crippen LogP contribution in [0.15, 0.2) is 0 Å². The Morgan fingerprint density at radius 3 is 2.29 bits per heavy atom. The Kier molecular flexibility index (Phi) is 4.79. The van der Waals surface area contributed by atoms with Crippen molar-refractivity contribution in [1.29, 1.82) is 0 Å². The maximum Gasteiger partial charge on any atom is 0.0707 e. The van der Waals surface area contributed by atoms with Gasteiger partial charge in [-0.3, -0.25) is 9.80 Å². The molecule has 2 rings (SSSR count). The summed E-state index contributed by atoms with van der Waals surface area (Å²) in [6.07, 6.45) is 3.07.